The molecule has 2 aliphatic heterocycles. The minimum Gasteiger partial charge on any atom is -0.437 e. The number of halogens is 1. The molecule has 1 atom stereocenters. The van der Waals surface area contributed by atoms with E-state index in [1.807, 2.05) is 40.8 Å². The lowest BCUT2D eigenvalue weighted by Crippen LogP contribution is -2.49. The number of benzene rings is 2. The number of fused-ring (bicyclic) bond motifs is 1. The number of para-hydroxylation sites is 2. The average Bonchev–Trinajstić information content (AvgIpc) is 3.24. The number of imidazole rings is 1. The molecule has 178 valence electrons. The number of hydrogen-bond acceptors (Lipinski definition) is 6. The molecule has 0 bridgehead atoms. The minimum atomic E-state index is -0.842. The number of aryl methyl sites for hydroxylation is 1. The first kappa shape index (κ1) is 22.6. The van der Waals surface area contributed by atoms with Crippen molar-refractivity contribution in [2.75, 3.05) is 44.3 Å². The summed E-state index contributed by atoms with van der Waals surface area (Å²) in [6, 6.07) is 14.9. The summed E-state index contributed by atoms with van der Waals surface area (Å²) in [4.78, 5) is 33.5. The van der Waals surface area contributed by atoms with Crippen LogP contribution in [0.1, 0.15) is 5.82 Å². The maximum Gasteiger partial charge on any atom is 0.415 e. The second kappa shape index (κ2) is 9.25. The van der Waals surface area contributed by atoms with E-state index in [1.54, 1.807) is 29.2 Å². The molecular formula is C24H26ClN5O4. The molecule has 10 heteroatoms. The van der Waals surface area contributed by atoms with Crippen molar-refractivity contribution in [2.45, 2.75) is 12.1 Å². The summed E-state index contributed by atoms with van der Waals surface area (Å²) in [6.07, 6.45) is -0.431. The number of rotatable bonds is 5. The number of aromatic nitrogens is 2. The van der Waals surface area contributed by atoms with Gasteiger partial charge in [-0.1, -0.05) is 23.7 Å². The van der Waals surface area contributed by atoms with Crippen LogP contribution in [0.25, 0.3) is 11.0 Å². The van der Waals surface area contributed by atoms with Crippen LogP contribution in [0.4, 0.5) is 10.5 Å². The third kappa shape index (κ3) is 4.59. The summed E-state index contributed by atoms with van der Waals surface area (Å²) in [6.45, 7) is 2.55. The second-order valence-electron chi connectivity index (χ2n) is 8.73. The van der Waals surface area contributed by atoms with Crippen molar-refractivity contribution < 1.29 is 19.1 Å². The Labute approximate surface area is 202 Å². The van der Waals surface area contributed by atoms with Gasteiger partial charge in [0, 0.05) is 30.8 Å². The van der Waals surface area contributed by atoms with E-state index in [1.165, 1.54) is 0 Å². The fraction of sp³-hybridized carbons (Fsp3) is 0.375. The zero-order valence-electron chi connectivity index (χ0n) is 18.9. The molecule has 0 saturated carbocycles. The number of ether oxygens (including phenoxy) is 2. The van der Waals surface area contributed by atoms with Crippen LogP contribution in [-0.4, -0.2) is 71.4 Å². The minimum absolute atomic E-state index is 0.122. The van der Waals surface area contributed by atoms with E-state index in [-0.39, 0.29) is 19.1 Å². The Balaban J connectivity index is 1.22. The van der Waals surface area contributed by atoms with Crippen molar-refractivity contribution >= 4 is 40.3 Å². The number of nitrogens with one attached hydrogen (secondary N) is 1. The highest BCUT2D eigenvalue weighted by atomic mass is 35.5. The zero-order valence-corrected chi connectivity index (χ0v) is 19.6. The Morgan fingerprint density at radius 3 is 2.76 bits per heavy atom. The smallest absolute Gasteiger partial charge is 0.415 e. The molecule has 0 unspecified atom stereocenters. The largest absolute Gasteiger partial charge is 0.437 e. The number of anilines is 1. The predicted octanol–water partition coefficient (Wildman–Crippen LogP) is 2.57. The van der Waals surface area contributed by atoms with Gasteiger partial charge in [-0.05, 0) is 36.4 Å². The third-order valence-corrected chi connectivity index (χ3v) is 6.48. The van der Waals surface area contributed by atoms with Crippen molar-refractivity contribution in [3.8, 4) is 0 Å². The number of carbonyl (C=O) groups excluding carboxylic acids is 2. The van der Waals surface area contributed by atoms with Crippen molar-refractivity contribution in [1.29, 1.82) is 0 Å². The topological polar surface area (TPSA) is 88.9 Å². The van der Waals surface area contributed by atoms with Gasteiger partial charge >= 0.3 is 6.09 Å². The van der Waals surface area contributed by atoms with Crippen molar-refractivity contribution in [2.24, 2.45) is 7.05 Å². The SMILES string of the molecule is Cn1c(CNC(=O)CN2CCOC[C@@]3(C2)CN(c2ccc(Cl)cc2)C(=O)O3)nc2ccccc21. The van der Waals surface area contributed by atoms with Crippen LogP contribution in [0.3, 0.4) is 0 Å². The van der Waals surface area contributed by atoms with Crippen LogP contribution < -0.4 is 10.2 Å². The number of nitrogens with zero attached hydrogens (tertiary/aromatic N) is 4. The van der Waals surface area contributed by atoms with Crippen molar-refractivity contribution in [1.82, 2.24) is 19.8 Å². The van der Waals surface area contributed by atoms with Gasteiger partial charge < -0.3 is 19.4 Å². The van der Waals surface area contributed by atoms with Gasteiger partial charge in [-0.3, -0.25) is 14.6 Å². The van der Waals surface area contributed by atoms with E-state index < -0.39 is 11.7 Å². The van der Waals surface area contributed by atoms with E-state index >= 15 is 0 Å². The van der Waals surface area contributed by atoms with Crippen LogP contribution in [-0.2, 0) is 27.9 Å². The molecule has 1 N–H and O–H groups in total. The van der Waals surface area contributed by atoms with E-state index in [0.717, 1.165) is 16.9 Å². The molecule has 1 spiro atoms. The van der Waals surface area contributed by atoms with Gasteiger partial charge in [0.2, 0.25) is 5.91 Å². The molecule has 0 radical (unpaired) electrons. The van der Waals surface area contributed by atoms with Crippen molar-refractivity contribution in [3.05, 3.63) is 59.4 Å². The first-order valence-corrected chi connectivity index (χ1v) is 11.5. The monoisotopic (exact) mass is 483 g/mol. The van der Waals surface area contributed by atoms with Crippen LogP contribution in [0.2, 0.25) is 5.02 Å². The number of amides is 2. The molecule has 2 fully saturated rings. The van der Waals surface area contributed by atoms with Crippen LogP contribution in [0, 0.1) is 0 Å². The lowest BCUT2D eigenvalue weighted by Gasteiger charge is -2.29. The van der Waals surface area contributed by atoms with Crippen LogP contribution >= 0.6 is 11.6 Å². The normalized spacial score (nSPS) is 21.1. The molecule has 3 aromatic rings. The number of carbonyl (C=O) groups is 2. The van der Waals surface area contributed by atoms with Gasteiger partial charge in [0.15, 0.2) is 5.60 Å². The second-order valence-corrected chi connectivity index (χ2v) is 9.17. The molecule has 9 nitrogen and oxygen atoms in total. The van der Waals surface area contributed by atoms with Crippen molar-refractivity contribution in [3.63, 3.8) is 0 Å². The summed E-state index contributed by atoms with van der Waals surface area (Å²) in [5.41, 5.74) is 1.79. The molecule has 1 aromatic heterocycles. The summed E-state index contributed by atoms with van der Waals surface area (Å²) >= 11 is 5.98. The van der Waals surface area contributed by atoms with Gasteiger partial charge in [-0.2, -0.15) is 0 Å². The molecule has 0 aliphatic carbocycles. The first-order chi connectivity index (χ1) is 16.4. The maximum absolute atomic E-state index is 12.7. The summed E-state index contributed by atoms with van der Waals surface area (Å²) < 4.78 is 13.5. The highest BCUT2D eigenvalue weighted by Crippen LogP contribution is 2.31. The predicted molar refractivity (Wildman–Crippen MR) is 128 cm³/mol. The van der Waals surface area contributed by atoms with E-state index in [0.29, 0.717) is 43.5 Å². The fourth-order valence-corrected chi connectivity index (χ4v) is 4.64. The Morgan fingerprint density at radius 1 is 1.18 bits per heavy atom. The number of hydrogen-bond donors (Lipinski definition) is 1. The zero-order chi connectivity index (χ0) is 23.7. The van der Waals surface area contributed by atoms with Gasteiger partial charge in [0.05, 0.1) is 43.9 Å². The highest BCUT2D eigenvalue weighted by molar-refractivity contribution is 6.30. The quantitative estimate of drug-likeness (QED) is 0.600. The molecule has 3 heterocycles. The van der Waals surface area contributed by atoms with Crippen LogP contribution in [0.5, 0.6) is 0 Å². The molecule has 2 amide bonds. The lowest BCUT2D eigenvalue weighted by molar-refractivity contribution is -0.122. The van der Waals surface area contributed by atoms with Gasteiger partial charge in [-0.25, -0.2) is 9.78 Å². The molecule has 2 aliphatic rings. The average molecular weight is 484 g/mol. The molecule has 5 rings (SSSR count). The van der Waals surface area contributed by atoms with Gasteiger partial charge in [0.25, 0.3) is 0 Å². The molecule has 2 aromatic carbocycles. The Morgan fingerprint density at radius 2 is 1.97 bits per heavy atom. The van der Waals surface area contributed by atoms with E-state index in [2.05, 4.69) is 10.3 Å². The first-order valence-electron chi connectivity index (χ1n) is 11.2. The maximum atomic E-state index is 12.7. The van der Waals surface area contributed by atoms with Gasteiger partial charge in [-0.15, -0.1) is 0 Å². The summed E-state index contributed by atoms with van der Waals surface area (Å²) in [5, 5.41) is 3.56. The van der Waals surface area contributed by atoms with E-state index in [9.17, 15) is 9.59 Å². The standard InChI is InChI=1S/C24H26ClN5O4/c1-28-20-5-3-2-4-19(20)27-21(28)12-26-22(31)13-29-10-11-33-16-24(14-29)15-30(23(32)34-24)18-8-6-17(25)7-9-18/h2-9H,10-16H2,1H3,(H,26,31)/t24-/m1/s1. The molecule has 2 saturated heterocycles. The molecular weight excluding hydrogens is 458 g/mol. The Hall–Kier alpha value is -3.14. The van der Waals surface area contributed by atoms with Crippen LogP contribution in [0.15, 0.2) is 48.5 Å². The summed E-state index contributed by atoms with van der Waals surface area (Å²) in [7, 11) is 1.94. The Kier molecular flexibility index (Phi) is 6.16. The third-order valence-electron chi connectivity index (χ3n) is 6.23. The highest BCUT2D eigenvalue weighted by Gasteiger charge is 2.48. The Bertz CT molecular complexity index is 1210. The fourth-order valence-electron chi connectivity index (χ4n) is 4.51. The van der Waals surface area contributed by atoms with E-state index in [4.69, 9.17) is 21.1 Å². The summed E-state index contributed by atoms with van der Waals surface area (Å²) in [5.74, 6) is 0.663. The molecule has 34 heavy (non-hydrogen) atoms. The van der Waals surface area contributed by atoms with Gasteiger partial charge in [0.1, 0.15) is 5.82 Å². The lowest BCUT2D eigenvalue weighted by atomic mass is 10.0.